The lowest BCUT2D eigenvalue weighted by molar-refractivity contribution is -0.0140. The van der Waals surface area contributed by atoms with Crippen LogP contribution in [-0.2, 0) is 11.2 Å². The lowest BCUT2D eigenvalue weighted by Gasteiger charge is -2.39. The highest BCUT2D eigenvalue weighted by Crippen LogP contribution is 2.28. The fourth-order valence-corrected chi connectivity index (χ4v) is 3.16. The smallest absolute Gasteiger partial charge is 0.410 e. The molecule has 2 rings (SSSR count). The Morgan fingerprint density at radius 3 is 2.52 bits per heavy atom. The van der Waals surface area contributed by atoms with Crippen LogP contribution in [0.5, 0.6) is 0 Å². The highest BCUT2D eigenvalue weighted by atomic mass is 19.1. The topological polar surface area (TPSA) is 49.8 Å². The molecule has 1 N–H and O–H groups in total. The third-order valence-electron chi connectivity index (χ3n) is 4.93. The average molecular weight is 355 g/mol. The Labute approximate surface area is 147 Å². The van der Waals surface area contributed by atoms with Gasteiger partial charge in [0.25, 0.3) is 0 Å². The second kappa shape index (κ2) is 8.13. The van der Waals surface area contributed by atoms with Crippen molar-refractivity contribution in [3.05, 3.63) is 35.4 Å². The van der Waals surface area contributed by atoms with Gasteiger partial charge < -0.3 is 14.7 Å². The third kappa shape index (κ3) is 5.39. The number of nitrogens with zero attached hydrogens (tertiary/aromatic N) is 1. The van der Waals surface area contributed by atoms with Crippen molar-refractivity contribution in [2.45, 2.75) is 58.1 Å². The van der Waals surface area contributed by atoms with Crippen molar-refractivity contribution < 1.29 is 23.4 Å². The van der Waals surface area contributed by atoms with Crippen LogP contribution in [0.2, 0.25) is 0 Å². The monoisotopic (exact) mass is 355 g/mol. The van der Waals surface area contributed by atoms with Crippen LogP contribution in [-0.4, -0.2) is 40.9 Å². The van der Waals surface area contributed by atoms with E-state index in [2.05, 4.69) is 0 Å². The van der Waals surface area contributed by atoms with Crippen molar-refractivity contribution in [3.63, 3.8) is 0 Å². The van der Waals surface area contributed by atoms with Gasteiger partial charge in [-0.05, 0) is 63.1 Å². The zero-order valence-corrected chi connectivity index (χ0v) is 15.1. The van der Waals surface area contributed by atoms with Gasteiger partial charge in [-0.25, -0.2) is 13.6 Å². The van der Waals surface area contributed by atoms with Crippen molar-refractivity contribution in [1.82, 2.24) is 4.90 Å². The van der Waals surface area contributed by atoms with Gasteiger partial charge in [-0.15, -0.1) is 0 Å². The Bertz CT molecular complexity index is 586. The average Bonchev–Trinajstić information content (AvgIpc) is 2.53. The molecule has 1 aromatic rings. The quantitative estimate of drug-likeness (QED) is 0.871. The molecular formula is C19H27F2NO3. The van der Waals surface area contributed by atoms with Gasteiger partial charge in [-0.1, -0.05) is 6.92 Å². The van der Waals surface area contributed by atoms with Gasteiger partial charge in [-0.2, -0.15) is 0 Å². The number of amides is 1. The Kier molecular flexibility index (Phi) is 6.38. The van der Waals surface area contributed by atoms with E-state index in [9.17, 15) is 18.7 Å². The number of hydrogen-bond acceptors (Lipinski definition) is 3. The van der Waals surface area contributed by atoms with Crippen molar-refractivity contribution in [1.29, 1.82) is 0 Å². The molecular weight excluding hydrogens is 328 g/mol. The zero-order valence-electron chi connectivity index (χ0n) is 15.1. The summed E-state index contributed by atoms with van der Waals surface area (Å²) in [5, 5.41) is 9.67. The van der Waals surface area contributed by atoms with Crippen molar-refractivity contribution >= 4 is 6.09 Å². The molecule has 0 saturated carbocycles. The van der Waals surface area contributed by atoms with Crippen LogP contribution in [0.15, 0.2) is 18.2 Å². The summed E-state index contributed by atoms with van der Waals surface area (Å²) in [6.45, 7) is 5.96. The number of hydrogen-bond donors (Lipinski definition) is 1. The number of aliphatic hydroxyl groups is 1. The molecule has 4 nitrogen and oxygen atoms in total. The van der Waals surface area contributed by atoms with Crippen molar-refractivity contribution in [2.24, 2.45) is 5.92 Å². The summed E-state index contributed by atoms with van der Waals surface area (Å²) in [5.41, 5.74) is 0.0508. The predicted molar refractivity (Wildman–Crippen MR) is 91.2 cm³/mol. The van der Waals surface area contributed by atoms with Crippen molar-refractivity contribution in [3.8, 4) is 0 Å². The molecule has 25 heavy (non-hydrogen) atoms. The number of carbonyl (C=O) groups is 1. The van der Waals surface area contributed by atoms with Crippen LogP contribution in [0.3, 0.4) is 0 Å². The molecule has 2 unspecified atom stereocenters. The van der Waals surface area contributed by atoms with Gasteiger partial charge in [0.2, 0.25) is 0 Å². The van der Waals surface area contributed by atoms with E-state index < -0.39 is 23.3 Å². The fraction of sp³-hybridized carbons (Fsp3) is 0.632. The molecule has 1 aromatic carbocycles. The Morgan fingerprint density at radius 1 is 1.32 bits per heavy atom. The first-order valence-electron chi connectivity index (χ1n) is 8.79. The number of benzene rings is 1. The summed E-state index contributed by atoms with van der Waals surface area (Å²) in [7, 11) is 0. The summed E-state index contributed by atoms with van der Waals surface area (Å²) in [6.07, 6.45) is 2.09. The summed E-state index contributed by atoms with van der Waals surface area (Å²) in [6, 6.07) is 3.19. The summed E-state index contributed by atoms with van der Waals surface area (Å²) in [4.78, 5) is 14.0. The molecule has 6 heteroatoms. The van der Waals surface area contributed by atoms with E-state index in [-0.39, 0.29) is 18.6 Å². The Balaban J connectivity index is 1.99. The Morgan fingerprint density at radius 2 is 1.96 bits per heavy atom. The Hall–Kier alpha value is -1.69. The van der Waals surface area contributed by atoms with Gasteiger partial charge >= 0.3 is 6.09 Å². The van der Waals surface area contributed by atoms with Gasteiger partial charge in [-0.3, -0.25) is 0 Å². The molecule has 1 aliphatic heterocycles. The normalized spacial score (nSPS) is 21.3. The first-order chi connectivity index (χ1) is 11.7. The number of rotatable bonds is 5. The van der Waals surface area contributed by atoms with Crippen LogP contribution in [0, 0.1) is 17.6 Å². The molecule has 2 atom stereocenters. The number of piperidine rings is 1. The molecule has 1 heterocycles. The van der Waals surface area contributed by atoms with Crippen LogP contribution >= 0.6 is 0 Å². The van der Waals surface area contributed by atoms with Crippen LogP contribution < -0.4 is 0 Å². The number of carbonyl (C=O) groups excluding carboxylic acids is 1. The number of aliphatic hydroxyl groups excluding tert-OH is 1. The standard InChI is InChI=1S/C19H27F2NO3/c1-4-19(2,3)25-18(24)22-6-5-13(10-17(22)12-23)7-14-8-15(20)11-16(21)9-14/h8-9,11,13,17,23H,4-7,10,12H2,1-3H3. The van der Waals surface area contributed by atoms with Gasteiger partial charge in [0, 0.05) is 12.6 Å². The second-order valence-corrected chi connectivity index (χ2v) is 7.38. The highest BCUT2D eigenvalue weighted by Gasteiger charge is 2.34. The molecule has 1 saturated heterocycles. The highest BCUT2D eigenvalue weighted by molar-refractivity contribution is 5.68. The minimum absolute atomic E-state index is 0.154. The maximum Gasteiger partial charge on any atom is 0.410 e. The number of likely N-dealkylation sites (tertiary alicyclic amines) is 1. The molecule has 1 amide bonds. The van der Waals surface area contributed by atoms with Crippen LogP contribution in [0.4, 0.5) is 13.6 Å². The van der Waals surface area contributed by atoms with Gasteiger partial charge in [0.05, 0.1) is 12.6 Å². The summed E-state index contributed by atoms with van der Waals surface area (Å²) in [5.74, 6) is -1.02. The number of halogens is 2. The van der Waals surface area contributed by atoms with Gasteiger partial charge in [0.1, 0.15) is 17.2 Å². The lowest BCUT2D eigenvalue weighted by atomic mass is 9.86. The van der Waals surface area contributed by atoms with E-state index >= 15 is 0 Å². The predicted octanol–water partition coefficient (Wildman–Crippen LogP) is 3.91. The van der Waals surface area contributed by atoms with E-state index in [0.717, 1.165) is 6.07 Å². The van der Waals surface area contributed by atoms with E-state index in [4.69, 9.17) is 4.74 Å². The van der Waals surface area contributed by atoms with E-state index in [1.54, 1.807) is 4.90 Å². The largest absolute Gasteiger partial charge is 0.443 e. The molecule has 0 aliphatic carbocycles. The maximum absolute atomic E-state index is 13.3. The molecule has 1 fully saturated rings. The molecule has 0 spiro atoms. The molecule has 1 aliphatic rings. The SMILES string of the molecule is CCC(C)(C)OC(=O)N1CCC(Cc2cc(F)cc(F)c2)CC1CO. The van der Waals surface area contributed by atoms with E-state index in [0.29, 0.717) is 37.8 Å². The maximum atomic E-state index is 13.3. The summed E-state index contributed by atoms with van der Waals surface area (Å²) >= 11 is 0. The van der Waals surface area contributed by atoms with Crippen LogP contribution in [0.25, 0.3) is 0 Å². The minimum Gasteiger partial charge on any atom is -0.443 e. The summed E-state index contributed by atoms with van der Waals surface area (Å²) < 4.78 is 32.2. The second-order valence-electron chi connectivity index (χ2n) is 7.38. The van der Waals surface area contributed by atoms with Crippen molar-refractivity contribution in [2.75, 3.05) is 13.2 Å². The first-order valence-corrected chi connectivity index (χ1v) is 8.79. The fourth-order valence-electron chi connectivity index (χ4n) is 3.16. The van der Waals surface area contributed by atoms with E-state index in [1.807, 2.05) is 20.8 Å². The molecule has 0 aromatic heterocycles. The zero-order chi connectivity index (χ0) is 18.6. The number of ether oxygens (including phenoxy) is 1. The van der Waals surface area contributed by atoms with Crippen LogP contribution in [0.1, 0.15) is 45.6 Å². The third-order valence-corrected chi connectivity index (χ3v) is 4.93. The molecule has 0 bridgehead atoms. The minimum atomic E-state index is -0.587. The van der Waals surface area contributed by atoms with E-state index in [1.165, 1.54) is 12.1 Å². The molecule has 0 radical (unpaired) electrons. The van der Waals surface area contributed by atoms with Gasteiger partial charge in [0.15, 0.2) is 0 Å². The molecule has 140 valence electrons. The first kappa shape index (κ1) is 19.6. The lowest BCUT2D eigenvalue weighted by Crippen LogP contribution is -2.50.